The lowest BCUT2D eigenvalue weighted by atomic mass is 9.90. The summed E-state index contributed by atoms with van der Waals surface area (Å²) in [6.45, 7) is 5.25. The molecule has 0 amide bonds. The molecule has 0 N–H and O–H groups in total. The van der Waals surface area contributed by atoms with Crippen LogP contribution in [0.5, 0.6) is 0 Å². The summed E-state index contributed by atoms with van der Waals surface area (Å²) in [5.41, 5.74) is 6.35. The molecule has 28 heavy (non-hydrogen) atoms. The van der Waals surface area contributed by atoms with Crippen molar-refractivity contribution in [2.45, 2.75) is 64.8 Å². The van der Waals surface area contributed by atoms with Crippen LogP contribution in [0.15, 0.2) is 48.1 Å². The molecule has 0 saturated heterocycles. The fourth-order valence-corrected chi connectivity index (χ4v) is 4.38. The van der Waals surface area contributed by atoms with Gasteiger partial charge in [0.15, 0.2) is 0 Å². The second-order valence-electron chi connectivity index (χ2n) is 8.05. The van der Waals surface area contributed by atoms with E-state index in [-0.39, 0.29) is 5.97 Å². The maximum atomic E-state index is 11.3. The smallest absolute Gasteiger partial charge is 0.330 e. The largest absolute Gasteiger partial charge is 0.466 e. The molecule has 1 saturated carbocycles. The minimum absolute atomic E-state index is 0.319. The maximum absolute atomic E-state index is 11.3. The standard InChI is InChI=1S/C25H33NO2/c1-19(17-25(27)28-3)9-7-10-20(2)21-14-15-24-22(18-21)11-8-16-26(24)23-12-5-4-6-13-23/h7,9-10,14-15,17-18,23H,4-6,8,11-13,16H2,1-3H3/b9-7+,19-17+,20-10+. The van der Waals surface area contributed by atoms with Crippen molar-refractivity contribution in [2.75, 3.05) is 18.6 Å². The van der Waals surface area contributed by atoms with Gasteiger partial charge in [0.1, 0.15) is 0 Å². The van der Waals surface area contributed by atoms with Crippen molar-refractivity contribution in [2.24, 2.45) is 0 Å². The molecule has 1 aromatic rings. The molecular formula is C25H33NO2. The van der Waals surface area contributed by atoms with E-state index in [0.29, 0.717) is 0 Å². The van der Waals surface area contributed by atoms with E-state index in [0.717, 1.165) is 11.6 Å². The first-order chi connectivity index (χ1) is 13.6. The summed E-state index contributed by atoms with van der Waals surface area (Å²) >= 11 is 0. The lowest BCUT2D eigenvalue weighted by Gasteiger charge is -2.40. The molecule has 150 valence electrons. The highest BCUT2D eigenvalue weighted by atomic mass is 16.5. The van der Waals surface area contributed by atoms with Crippen molar-refractivity contribution < 1.29 is 9.53 Å². The summed E-state index contributed by atoms with van der Waals surface area (Å²) in [6.07, 6.45) is 16.8. The number of hydrogen-bond acceptors (Lipinski definition) is 3. The second kappa shape index (κ2) is 9.77. The molecule has 1 aromatic carbocycles. The SMILES string of the molecule is COC(=O)/C=C(C)/C=C/C=C(\C)c1ccc2c(c1)CCCN2C1CCCCC1. The predicted molar refractivity (Wildman–Crippen MR) is 118 cm³/mol. The van der Waals surface area contributed by atoms with Gasteiger partial charge in [0.05, 0.1) is 7.11 Å². The monoisotopic (exact) mass is 379 g/mol. The van der Waals surface area contributed by atoms with E-state index in [1.54, 1.807) is 0 Å². The third kappa shape index (κ3) is 5.15. The number of ether oxygens (including phenoxy) is 1. The summed E-state index contributed by atoms with van der Waals surface area (Å²) in [7, 11) is 1.39. The summed E-state index contributed by atoms with van der Waals surface area (Å²) in [5, 5.41) is 0. The summed E-state index contributed by atoms with van der Waals surface area (Å²) in [4.78, 5) is 13.9. The van der Waals surface area contributed by atoms with Gasteiger partial charge in [0, 0.05) is 24.4 Å². The highest BCUT2D eigenvalue weighted by Gasteiger charge is 2.25. The van der Waals surface area contributed by atoms with Crippen LogP contribution in [0.4, 0.5) is 5.69 Å². The Morgan fingerprint density at radius 1 is 1.14 bits per heavy atom. The number of carbonyl (C=O) groups excluding carboxylic acids is 1. The van der Waals surface area contributed by atoms with Gasteiger partial charge in [-0.3, -0.25) is 0 Å². The number of allylic oxidation sites excluding steroid dienone is 5. The number of benzene rings is 1. The zero-order chi connectivity index (χ0) is 19.9. The fourth-order valence-electron chi connectivity index (χ4n) is 4.38. The highest BCUT2D eigenvalue weighted by molar-refractivity contribution is 5.83. The number of rotatable bonds is 5. The van der Waals surface area contributed by atoms with E-state index >= 15 is 0 Å². The number of fused-ring (bicyclic) bond motifs is 1. The minimum atomic E-state index is -0.319. The number of nitrogens with zero attached hydrogens (tertiary/aromatic N) is 1. The van der Waals surface area contributed by atoms with E-state index in [1.165, 1.54) is 87.1 Å². The third-order valence-corrected chi connectivity index (χ3v) is 5.96. The first kappa shape index (κ1) is 20.4. The van der Waals surface area contributed by atoms with Crippen LogP contribution in [-0.4, -0.2) is 25.7 Å². The van der Waals surface area contributed by atoms with Crippen LogP contribution in [0.3, 0.4) is 0 Å². The zero-order valence-corrected chi connectivity index (χ0v) is 17.5. The van der Waals surface area contributed by atoms with Gasteiger partial charge in [-0.15, -0.1) is 0 Å². The Morgan fingerprint density at radius 3 is 2.68 bits per heavy atom. The molecule has 1 heterocycles. The average Bonchev–Trinajstić information content (AvgIpc) is 2.73. The lowest BCUT2D eigenvalue weighted by molar-refractivity contribution is -0.134. The van der Waals surface area contributed by atoms with Gasteiger partial charge in [0.25, 0.3) is 0 Å². The predicted octanol–water partition coefficient (Wildman–Crippen LogP) is 5.85. The van der Waals surface area contributed by atoms with Crippen LogP contribution in [0.2, 0.25) is 0 Å². The average molecular weight is 380 g/mol. The van der Waals surface area contributed by atoms with Gasteiger partial charge in [-0.1, -0.05) is 43.6 Å². The molecule has 2 aliphatic rings. The Kier molecular flexibility index (Phi) is 7.13. The number of esters is 1. The first-order valence-corrected chi connectivity index (χ1v) is 10.6. The number of anilines is 1. The number of aryl methyl sites for hydroxylation is 1. The fraction of sp³-hybridized carbons (Fsp3) is 0.480. The molecule has 1 aliphatic carbocycles. The van der Waals surface area contributed by atoms with E-state index in [1.807, 2.05) is 19.1 Å². The molecule has 0 atom stereocenters. The molecule has 0 aromatic heterocycles. The van der Waals surface area contributed by atoms with E-state index in [9.17, 15) is 4.79 Å². The van der Waals surface area contributed by atoms with Crippen molar-refractivity contribution in [1.29, 1.82) is 0 Å². The summed E-state index contributed by atoms with van der Waals surface area (Å²) in [6, 6.07) is 7.71. The number of hydrogen-bond donors (Lipinski definition) is 0. The molecule has 1 aliphatic heterocycles. The van der Waals surface area contributed by atoms with Crippen LogP contribution in [0.1, 0.15) is 63.5 Å². The maximum Gasteiger partial charge on any atom is 0.330 e. The number of methoxy groups -OCH3 is 1. The zero-order valence-electron chi connectivity index (χ0n) is 17.5. The Labute approximate surface area is 169 Å². The molecule has 3 rings (SSSR count). The topological polar surface area (TPSA) is 29.5 Å². The quantitative estimate of drug-likeness (QED) is 0.365. The van der Waals surface area contributed by atoms with Crippen LogP contribution < -0.4 is 4.90 Å². The molecule has 0 bridgehead atoms. The van der Waals surface area contributed by atoms with Crippen molar-refractivity contribution in [1.82, 2.24) is 0 Å². The lowest BCUT2D eigenvalue weighted by Crippen LogP contribution is -2.40. The first-order valence-electron chi connectivity index (χ1n) is 10.6. The van der Waals surface area contributed by atoms with Crippen LogP contribution in [0.25, 0.3) is 5.57 Å². The molecule has 0 radical (unpaired) electrons. The second-order valence-corrected chi connectivity index (χ2v) is 8.05. The molecule has 0 unspecified atom stereocenters. The van der Waals surface area contributed by atoms with Gasteiger partial charge in [-0.25, -0.2) is 4.79 Å². The van der Waals surface area contributed by atoms with Gasteiger partial charge in [-0.2, -0.15) is 0 Å². The van der Waals surface area contributed by atoms with E-state index in [4.69, 9.17) is 0 Å². The van der Waals surface area contributed by atoms with Crippen molar-refractivity contribution >= 4 is 17.2 Å². The Morgan fingerprint density at radius 2 is 1.93 bits per heavy atom. The van der Waals surface area contributed by atoms with Crippen LogP contribution >= 0.6 is 0 Å². The Bertz CT molecular complexity index is 782. The molecule has 3 nitrogen and oxygen atoms in total. The Balaban J connectivity index is 1.73. The minimum Gasteiger partial charge on any atom is -0.466 e. The van der Waals surface area contributed by atoms with Crippen molar-refractivity contribution in [3.8, 4) is 0 Å². The van der Waals surface area contributed by atoms with Gasteiger partial charge in [0.2, 0.25) is 0 Å². The van der Waals surface area contributed by atoms with Crippen LogP contribution in [-0.2, 0) is 16.0 Å². The highest BCUT2D eigenvalue weighted by Crippen LogP contribution is 2.35. The van der Waals surface area contributed by atoms with Crippen molar-refractivity contribution in [3.63, 3.8) is 0 Å². The Hall–Kier alpha value is -2.29. The molecular weight excluding hydrogens is 346 g/mol. The van der Waals surface area contributed by atoms with Gasteiger partial charge in [-0.05, 0) is 73.9 Å². The van der Waals surface area contributed by atoms with Gasteiger partial charge < -0.3 is 9.64 Å². The van der Waals surface area contributed by atoms with Crippen LogP contribution in [0, 0.1) is 0 Å². The van der Waals surface area contributed by atoms with Crippen molar-refractivity contribution in [3.05, 3.63) is 59.2 Å². The number of carbonyl (C=O) groups is 1. The molecule has 1 fully saturated rings. The van der Waals surface area contributed by atoms with E-state index in [2.05, 4.69) is 40.8 Å². The third-order valence-electron chi connectivity index (χ3n) is 5.96. The van der Waals surface area contributed by atoms with E-state index < -0.39 is 0 Å². The summed E-state index contributed by atoms with van der Waals surface area (Å²) < 4.78 is 4.65. The molecule has 3 heteroatoms. The molecule has 0 spiro atoms. The normalized spacial score (nSPS) is 19.0. The summed E-state index contributed by atoms with van der Waals surface area (Å²) in [5.74, 6) is -0.319. The van der Waals surface area contributed by atoms with Gasteiger partial charge >= 0.3 is 5.97 Å².